The van der Waals surface area contributed by atoms with Crippen LogP contribution in [0.2, 0.25) is 0 Å². The summed E-state index contributed by atoms with van der Waals surface area (Å²) in [5, 5.41) is 11.8. The number of hydrogen-bond acceptors (Lipinski definition) is 7. The Hall–Kier alpha value is -4.38. The summed E-state index contributed by atoms with van der Waals surface area (Å²) in [5.41, 5.74) is 3.53. The Labute approximate surface area is 232 Å². The molecule has 11 nitrogen and oxygen atoms in total. The molecule has 2 aliphatic heterocycles. The van der Waals surface area contributed by atoms with Gasteiger partial charge in [0, 0.05) is 44.0 Å². The molecule has 5 heterocycles. The maximum Gasteiger partial charge on any atom is 0.410 e. The third kappa shape index (κ3) is 5.12. The van der Waals surface area contributed by atoms with Gasteiger partial charge in [-0.3, -0.25) is 19.3 Å². The van der Waals surface area contributed by atoms with Crippen molar-refractivity contribution in [2.24, 2.45) is 7.05 Å². The van der Waals surface area contributed by atoms with E-state index < -0.39 is 12.1 Å². The molecular weight excluding hydrogens is 510 g/mol. The van der Waals surface area contributed by atoms with Gasteiger partial charge in [-0.1, -0.05) is 37.3 Å². The number of amides is 2. The van der Waals surface area contributed by atoms with E-state index in [2.05, 4.69) is 27.3 Å². The molecule has 208 valence electrons. The van der Waals surface area contributed by atoms with Crippen LogP contribution < -0.4 is 10.1 Å². The first-order valence-corrected chi connectivity index (χ1v) is 13.7. The monoisotopic (exact) mass is 543 g/mol. The molecule has 2 saturated heterocycles. The van der Waals surface area contributed by atoms with Gasteiger partial charge in [0.25, 0.3) is 0 Å². The largest absolute Gasteiger partial charge is 0.488 e. The number of nitrogens with zero attached hydrogens (tertiary/aromatic N) is 6. The predicted molar refractivity (Wildman–Crippen MR) is 149 cm³/mol. The molecule has 0 bridgehead atoms. The van der Waals surface area contributed by atoms with Gasteiger partial charge < -0.3 is 14.8 Å². The van der Waals surface area contributed by atoms with Gasteiger partial charge in [-0.05, 0) is 37.1 Å². The fourth-order valence-electron chi connectivity index (χ4n) is 5.23. The number of aryl methyl sites for hydroxylation is 1. The maximum absolute atomic E-state index is 13.0. The summed E-state index contributed by atoms with van der Waals surface area (Å²) in [6.07, 6.45) is 4.82. The number of carbonyl (C=O) groups excluding carboxylic acids is 2. The van der Waals surface area contributed by atoms with Gasteiger partial charge in [0.2, 0.25) is 5.91 Å². The van der Waals surface area contributed by atoms with Crippen molar-refractivity contribution in [3.05, 3.63) is 66.5 Å². The Bertz CT molecular complexity index is 1510. The van der Waals surface area contributed by atoms with Gasteiger partial charge in [-0.15, -0.1) is 0 Å². The van der Waals surface area contributed by atoms with E-state index >= 15 is 0 Å². The van der Waals surface area contributed by atoms with Crippen molar-refractivity contribution in [2.45, 2.75) is 38.5 Å². The van der Waals surface area contributed by atoms with Crippen LogP contribution in [-0.2, 0) is 23.2 Å². The van der Waals surface area contributed by atoms with Crippen molar-refractivity contribution in [1.29, 1.82) is 0 Å². The minimum atomic E-state index is -0.586. The second kappa shape index (κ2) is 11.0. The van der Waals surface area contributed by atoms with Crippen LogP contribution >= 0.6 is 0 Å². The van der Waals surface area contributed by atoms with E-state index in [1.807, 2.05) is 61.8 Å². The van der Waals surface area contributed by atoms with Crippen molar-refractivity contribution < 1.29 is 19.1 Å². The van der Waals surface area contributed by atoms with E-state index in [0.717, 1.165) is 47.6 Å². The summed E-state index contributed by atoms with van der Waals surface area (Å²) in [6, 6.07) is 15.1. The summed E-state index contributed by atoms with van der Waals surface area (Å²) in [6.45, 7) is 5.60. The van der Waals surface area contributed by atoms with Gasteiger partial charge in [0.15, 0.2) is 11.6 Å². The van der Waals surface area contributed by atoms with Gasteiger partial charge in [0.05, 0.1) is 11.7 Å². The Balaban J connectivity index is 1.10. The topological polar surface area (TPSA) is 106 Å². The lowest BCUT2D eigenvalue weighted by Gasteiger charge is -2.39. The number of hydrogen-bond donors (Lipinski definition) is 1. The average Bonchev–Trinajstić information content (AvgIpc) is 3.48. The van der Waals surface area contributed by atoms with Crippen LogP contribution in [0.5, 0.6) is 5.75 Å². The molecule has 2 atom stereocenters. The molecule has 6 rings (SSSR count). The summed E-state index contributed by atoms with van der Waals surface area (Å²) < 4.78 is 15.1. The summed E-state index contributed by atoms with van der Waals surface area (Å²) in [5.74, 6) is 0.871. The highest BCUT2D eigenvalue weighted by Crippen LogP contribution is 2.31. The van der Waals surface area contributed by atoms with E-state index in [9.17, 15) is 9.59 Å². The number of benzene rings is 1. The first-order valence-electron chi connectivity index (χ1n) is 13.7. The van der Waals surface area contributed by atoms with E-state index in [1.165, 1.54) is 4.90 Å². The summed E-state index contributed by atoms with van der Waals surface area (Å²) in [7, 11) is 1.89. The number of anilines is 1. The lowest BCUT2D eigenvalue weighted by atomic mass is 10.0. The molecule has 40 heavy (non-hydrogen) atoms. The van der Waals surface area contributed by atoms with E-state index in [-0.39, 0.29) is 12.5 Å². The molecule has 0 spiro atoms. The molecule has 11 heteroatoms. The molecule has 1 N–H and O–H groups in total. The molecule has 4 aromatic rings. The van der Waals surface area contributed by atoms with E-state index in [4.69, 9.17) is 9.47 Å². The van der Waals surface area contributed by atoms with Crippen molar-refractivity contribution in [2.75, 3.05) is 31.6 Å². The summed E-state index contributed by atoms with van der Waals surface area (Å²) >= 11 is 0. The Morgan fingerprint density at radius 1 is 1.10 bits per heavy atom. The Morgan fingerprint density at radius 3 is 2.67 bits per heavy atom. The maximum atomic E-state index is 13.0. The number of rotatable bonds is 9. The highest BCUT2D eigenvalue weighted by atomic mass is 16.6. The van der Waals surface area contributed by atoms with Crippen molar-refractivity contribution in [3.63, 3.8) is 0 Å². The van der Waals surface area contributed by atoms with Crippen LogP contribution in [0.15, 0.2) is 60.9 Å². The second-order valence-corrected chi connectivity index (χ2v) is 10.2. The number of fused-ring (bicyclic) bond motifs is 1. The minimum Gasteiger partial charge on any atom is -0.488 e. The zero-order chi connectivity index (χ0) is 27.6. The fourth-order valence-corrected chi connectivity index (χ4v) is 5.23. The molecule has 2 aliphatic rings. The fraction of sp³-hybridized carbons (Fsp3) is 0.379. The molecular formula is C29H33N7O4. The highest BCUT2D eigenvalue weighted by molar-refractivity contribution is 5.97. The molecule has 1 aromatic carbocycles. The number of likely N-dealkylation sites (N-methyl/N-ethyl adjacent to an activating group) is 1. The second-order valence-electron chi connectivity index (χ2n) is 10.2. The quantitative estimate of drug-likeness (QED) is 0.344. The molecule has 0 unspecified atom stereocenters. The average molecular weight is 544 g/mol. The number of nitrogens with one attached hydrogen (secondary N) is 1. The molecule has 3 aromatic heterocycles. The molecule has 0 radical (unpaired) electrons. The zero-order valence-corrected chi connectivity index (χ0v) is 22.7. The van der Waals surface area contributed by atoms with E-state index in [1.54, 1.807) is 15.4 Å². The molecule has 2 fully saturated rings. The van der Waals surface area contributed by atoms with Gasteiger partial charge in [0.1, 0.15) is 24.9 Å². The predicted octanol–water partition coefficient (Wildman–Crippen LogP) is 3.56. The molecule has 0 aliphatic carbocycles. The number of pyridine rings is 1. The van der Waals surface area contributed by atoms with Crippen LogP contribution in [0.3, 0.4) is 0 Å². The van der Waals surface area contributed by atoms with Gasteiger partial charge >= 0.3 is 6.09 Å². The number of aromatic nitrogens is 4. The van der Waals surface area contributed by atoms with Crippen molar-refractivity contribution >= 4 is 23.3 Å². The van der Waals surface area contributed by atoms with Crippen LogP contribution in [0.4, 0.5) is 10.6 Å². The third-order valence-electron chi connectivity index (χ3n) is 7.76. The van der Waals surface area contributed by atoms with E-state index in [0.29, 0.717) is 31.4 Å². The first kappa shape index (κ1) is 25.9. The van der Waals surface area contributed by atoms with Crippen LogP contribution in [0, 0.1) is 0 Å². The third-order valence-corrected chi connectivity index (χ3v) is 7.76. The van der Waals surface area contributed by atoms with Crippen molar-refractivity contribution in [3.8, 4) is 17.0 Å². The molecule has 2 amide bonds. The standard InChI is InChI=1S/C29H33N7O4/c1-3-34-12-10-22(34)19-39-25-17-30-33(2)27(25)21-9-14-36-23(15-21)16-26(32-36)31-28(37)24-11-13-35(24)29(38)40-18-20-7-5-4-6-8-20/h4-9,14-17,22,24H,3,10-13,18-19H2,1-2H3,(H,31,32,37)/t22-,24-/m1/s1. The lowest BCUT2D eigenvalue weighted by Crippen LogP contribution is -2.56. The number of ether oxygens (including phenoxy) is 2. The first-order chi connectivity index (χ1) is 19.5. The van der Waals surface area contributed by atoms with Gasteiger partial charge in [-0.2, -0.15) is 10.2 Å². The number of carbonyl (C=O) groups is 2. The van der Waals surface area contributed by atoms with Crippen molar-refractivity contribution in [1.82, 2.24) is 29.2 Å². The zero-order valence-electron chi connectivity index (χ0n) is 22.7. The SMILES string of the molecule is CCN1CC[C@@H]1COc1cnn(C)c1-c1ccn2nc(NC(=O)[C@H]3CCN3C(=O)OCc3ccccc3)cc2c1. The Kier molecular flexibility index (Phi) is 7.12. The smallest absolute Gasteiger partial charge is 0.410 e. The Morgan fingerprint density at radius 2 is 1.95 bits per heavy atom. The highest BCUT2D eigenvalue weighted by Gasteiger charge is 2.39. The number of likely N-dealkylation sites (tertiary alicyclic amines) is 2. The molecule has 0 saturated carbocycles. The van der Waals surface area contributed by atoms with Crippen LogP contribution in [-0.4, -0.2) is 79.5 Å². The van der Waals surface area contributed by atoms with Crippen LogP contribution in [0.1, 0.15) is 25.3 Å². The minimum absolute atomic E-state index is 0.167. The van der Waals surface area contributed by atoms with Crippen LogP contribution in [0.25, 0.3) is 16.8 Å². The normalized spacial score (nSPS) is 18.7. The lowest BCUT2D eigenvalue weighted by molar-refractivity contribution is -0.124. The van der Waals surface area contributed by atoms with Gasteiger partial charge in [-0.25, -0.2) is 9.31 Å². The summed E-state index contributed by atoms with van der Waals surface area (Å²) in [4.78, 5) is 29.3.